The lowest BCUT2D eigenvalue weighted by Gasteiger charge is -2.19. The van der Waals surface area contributed by atoms with Gasteiger partial charge < -0.3 is 11.1 Å². The van der Waals surface area contributed by atoms with Crippen LogP contribution in [0, 0.1) is 19.8 Å². The maximum atomic E-state index is 12.0. The zero-order valence-electron chi connectivity index (χ0n) is 12.5. The molecule has 0 aromatic carbocycles. The predicted octanol–water partition coefficient (Wildman–Crippen LogP) is 1.85. The lowest BCUT2D eigenvalue weighted by Crippen LogP contribution is -2.40. The average molecular weight is 331 g/mol. The fourth-order valence-corrected chi connectivity index (χ4v) is 3.41. The van der Waals surface area contributed by atoms with E-state index in [0.717, 1.165) is 30.7 Å². The first kappa shape index (κ1) is 18.2. The molecule has 1 aliphatic carbocycles. The van der Waals surface area contributed by atoms with Crippen LogP contribution < -0.4 is 11.1 Å². The maximum Gasteiger partial charge on any atom is 0.230 e. The third-order valence-corrected chi connectivity index (χ3v) is 4.45. The first-order valence-electron chi connectivity index (χ1n) is 7.03. The Hall–Kier alpha value is -0.850. The lowest BCUT2D eigenvalue weighted by molar-refractivity contribution is -0.119. The molecule has 0 bridgehead atoms. The number of amides is 1. The summed E-state index contributed by atoms with van der Waals surface area (Å²) >= 11 is 1.38. The van der Waals surface area contributed by atoms with Gasteiger partial charge in [-0.3, -0.25) is 4.79 Å². The quantitative estimate of drug-likeness (QED) is 0.636. The summed E-state index contributed by atoms with van der Waals surface area (Å²) in [5.74, 6) is 0.834. The second kappa shape index (κ2) is 8.56. The van der Waals surface area contributed by atoms with Crippen LogP contribution in [0.5, 0.6) is 0 Å². The Morgan fingerprint density at radius 3 is 2.67 bits per heavy atom. The molecule has 0 saturated heterocycles. The molecular formula is C14H23ClN4OS. The summed E-state index contributed by atoms with van der Waals surface area (Å²) in [6.07, 6.45) is 3.31. The van der Waals surface area contributed by atoms with Crippen molar-refractivity contribution in [3.05, 3.63) is 17.5 Å². The molecule has 118 valence electrons. The zero-order chi connectivity index (χ0) is 14.5. The van der Waals surface area contributed by atoms with Crippen molar-refractivity contribution in [2.75, 3.05) is 12.3 Å². The van der Waals surface area contributed by atoms with Gasteiger partial charge in [-0.1, -0.05) is 18.2 Å². The largest absolute Gasteiger partial charge is 0.352 e. The monoisotopic (exact) mass is 330 g/mol. The van der Waals surface area contributed by atoms with Gasteiger partial charge in [0.15, 0.2) is 5.16 Å². The molecule has 3 N–H and O–H groups in total. The number of hydrogen-bond donors (Lipinski definition) is 2. The molecule has 2 atom stereocenters. The van der Waals surface area contributed by atoms with E-state index in [2.05, 4.69) is 15.3 Å². The average Bonchev–Trinajstić information content (AvgIpc) is 2.82. The number of rotatable bonds is 5. The Balaban J connectivity index is 0.00000220. The molecule has 0 spiro atoms. The van der Waals surface area contributed by atoms with Gasteiger partial charge in [0.2, 0.25) is 5.91 Å². The molecule has 1 amide bonds. The Bertz CT molecular complexity index is 466. The van der Waals surface area contributed by atoms with Gasteiger partial charge in [0.1, 0.15) is 0 Å². The van der Waals surface area contributed by atoms with E-state index in [4.69, 9.17) is 5.73 Å². The van der Waals surface area contributed by atoms with E-state index in [1.54, 1.807) is 0 Å². The highest BCUT2D eigenvalue weighted by molar-refractivity contribution is 7.99. The number of thioether (sulfide) groups is 1. The van der Waals surface area contributed by atoms with E-state index in [1.807, 2.05) is 19.9 Å². The highest BCUT2D eigenvalue weighted by Crippen LogP contribution is 2.24. The molecule has 1 heterocycles. The number of hydrogen-bond acceptors (Lipinski definition) is 5. The van der Waals surface area contributed by atoms with E-state index in [0.29, 0.717) is 23.4 Å². The molecule has 21 heavy (non-hydrogen) atoms. The highest BCUT2D eigenvalue weighted by Gasteiger charge is 2.27. The summed E-state index contributed by atoms with van der Waals surface area (Å²) in [7, 11) is 0. The van der Waals surface area contributed by atoms with Crippen molar-refractivity contribution in [3.63, 3.8) is 0 Å². The van der Waals surface area contributed by atoms with E-state index >= 15 is 0 Å². The van der Waals surface area contributed by atoms with Crippen LogP contribution in [-0.2, 0) is 4.79 Å². The van der Waals surface area contributed by atoms with E-state index in [9.17, 15) is 4.79 Å². The number of halogens is 1. The van der Waals surface area contributed by atoms with Crippen LogP contribution in [0.4, 0.5) is 0 Å². The highest BCUT2D eigenvalue weighted by atomic mass is 35.5. The van der Waals surface area contributed by atoms with Crippen LogP contribution in [0.2, 0.25) is 0 Å². The number of carbonyl (C=O) groups is 1. The zero-order valence-corrected chi connectivity index (χ0v) is 14.1. The first-order valence-corrected chi connectivity index (χ1v) is 8.01. The van der Waals surface area contributed by atoms with Crippen LogP contribution >= 0.6 is 24.2 Å². The predicted molar refractivity (Wildman–Crippen MR) is 87.8 cm³/mol. The van der Waals surface area contributed by atoms with Crippen LogP contribution in [-0.4, -0.2) is 34.2 Å². The second-order valence-corrected chi connectivity index (χ2v) is 6.27. The number of carbonyl (C=O) groups excluding carboxylic acids is 1. The third-order valence-electron chi connectivity index (χ3n) is 3.60. The summed E-state index contributed by atoms with van der Waals surface area (Å²) in [6.45, 7) is 4.52. The molecule has 5 nitrogen and oxygen atoms in total. The van der Waals surface area contributed by atoms with Gasteiger partial charge in [-0.05, 0) is 45.2 Å². The molecule has 1 aromatic rings. The molecule has 2 rings (SSSR count). The van der Waals surface area contributed by atoms with E-state index < -0.39 is 0 Å². The standard InChI is InChI=1S/C14H22N4OS.ClH/c1-9-6-10(2)17-14(16-9)20-8-13(19)18-12-5-3-4-11(12)7-15;/h6,11-12H,3-5,7-8,15H2,1-2H3,(H,18,19);1H. The van der Waals surface area contributed by atoms with Gasteiger partial charge in [-0.25, -0.2) is 9.97 Å². The minimum Gasteiger partial charge on any atom is -0.352 e. The van der Waals surface area contributed by atoms with Gasteiger partial charge in [-0.15, -0.1) is 12.4 Å². The van der Waals surface area contributed by atoms with Crippen LogP contribution in [0.3, 0.4) is 0 Å². The fourth-order valence-electron chi connectivity index (χ4n) is 2.65. The van der Waals surface area contributed by atoms with Crippen molar-refractivity contribution in [2.24, 2.45) is 11.7 Å². The van der Waals surface area contributed by atoms with Crippen molar-refractivity contribution in [1.82, 2.24) is 15.3 Å². The van der Waals surface area contributed by atoms with E-state index in [1.165, 1.54) is 11.8 Å². The molecule has 1 aromatic heterocycles. The van der Waals surface area contributed by atoms with Crippen molar-refractivity contribution in [3.8, 4) is 0 Å². The fraction of sp³-hybridized carbons (Fsp3) is 0.643. The molecule has 1 fully saturated rings. The molecular weight excluding hydrogens is 308 g/mol. The Morgan fingerprint density at radius 2 is 2.05 bits per heavy atom. The lowest BCUT2D eigenvalue weighted by atomic mass is 10.0. The molecule has 1 saturated carbocycles. The smallest absolute Gasteiger partial charge is 0.230 e. The third kappa shape index (κ3) is 5.45. The van der Waals surface area contributed by atoms with Crippen molar-refractivity contribution < 1.29 is 4.79 Å². The van der Waals surface area contributed by atoms with Gasteiger partial charge in [0, 0.05) is 17.4 Å². The van der Waals surface area contributed by atoms with E-state index in [-0.39, 0.29) is 24.4 Å². The van der Waals surface area contributed by atoms with Crippen LogP contribution in [0.15, 0.2) is 11.2 Å². The van der Waals surface area contributed by atoms with Gasteiger partial charge in [0.05, 0.1) is 5.75 Å². The summed E-state index contributed by atoms with van der Waals surface area (Å²) < 4.78 is 0. The summed E-state index contributed by atoms with van der Waals surface area (Å²) in [6, 6.07) is 2.17. The molecule has 7 heteroatoms. The van der Waals surface area contributed by atoms with Crippen molar-refractivity contribution >= 4 is 30.1 Å². The van der Waals surface area contributed by atoms with Gasteiger partial charge >= 0.3 is 0 Å². The van der Waals surface area contributed by atoms with Crippen molar-refractivity contribution in [1.29, 1.82) is 0 Å². The minimum absolute atomic E-state index is 0. The SMILES string of the molecule is Cc1cc(C)nc(SCC(=O)NC2CCCC2CN)n1.Cl. The van der Waals surface area contributed by atoms with Crippen LogP contribution in [0.1, 0.15) is 30.7 Å². The summed E-state index contributed by atoms with van der Waals surface area (Å²) in [5, 5.41) is 3.75. The minimum atomic E-state index is 0. The number of nitrogens with zero attached hydrogens (tertiary/aromatic N) is 2. The van der Waals surface area contributed by atoms with Gasteiger partial charge in [-0.2, -0.15) is 0 Å². The maximum absolute atomic E-state index is 12.0. The first-order chi connectivity index (χ1) is 9.58. The number of aryl methyl sites for hydroxylation is 2. The number of aromatic nitrogens is 2. The molecule has 0 radical (unpaired) electrons. The summed E-state index contributed by atoms with van der Waals surface area (Å²) in [4.78, 5) is 20.6. The van der Waals surface area contributed by atoms with Crippen LogP contribution in [0.25, 0.3) is 0 Å². The number of nitrogens with one attached hydrogen (secondary N) is 1. The molecule has 2 unspecified atom stereocenters. The summed E-state index contributed by atoms with van der Waals surface area (Å²) in [5.41, 5.74) is 7.58. The number of nitrogens with two attached hydrogens (primary N) is 1. The normalized spacial score (nSPS) is 20.9. The Kier molecular flexibility index (Phi) is 7.42. The Labute approximate surface area is 136 Å². The second-order valence-electron chi connectivity index (χ2n) is 5.32. The Morgan fingerprint density at radius 1 is 1.38 bits per heavy atom. The molecule has 1 aliphatic rings. The topological polar surface area (TPSA) is 80.9 Å². The molecule has 0 aliphatic heterocycles. The van der Waals surface area contributed by atoms with Gasteiger partial charge in [0.25, 0.3) is 0 Å². The van der Waals surface area contributed by atoms with Crippen molar-refractivity contribution in [2.45, 2.75) is 44.3 Å².